The third-order valence-corrected chi connectivity index (χ3v) is 3.80. The van der Waals surface area contributed by atoms with Crippen LogP contribution in [0.2, 0.25) is 0 Å². The minimum atomic E-state index is -0.491. The molecule has 1 N–H and O–H groups in total. The fraction of sp³-hybridized carbons (Fsp3) is 0.278. The molecule has 0 aliphatic heterocycles. The Kier molecular flexibility index (Phi) is 5.28. The maximum absolute atomic E-state index is 14.2. The van der Waals surface area contributed by atoms with E-state index in [9.17, 15) is 14.3 Å². The molecule has 0 spiro atoms. The summed E-state index contributed by atoms with van der Waals surface area (Å²) in [5.74, 6) is -0.876. The lowest BCUT2D eigenvalue weighted by Crippen LogP contribution is -2.32. The third-order valence-electron chi connectivity index (χ3n) is 3.80. The number of rotatable bonds is 5. The van der Waals surface area contributed by atoms with Crippen molar-refractivity contribution >= 4 is 5.91 Å². The summed E-state index contributed by atoms with van der Waals surface area (Å²) in [7, 11) is 1.64. The molecule has 0 saturated carbocycles. The molecule has 0 fully saturated rings. The van der Waals surface area contributed by atoms with Crippen LogP contribution < -0.4 is 0 Å². The quantitative estimate of drug-likeness (QED) is 0.920. The summed E-state index contributed by atoms with van der Waals surface area (Å²) in [5.41, 5.74) is 1.42. The zero-order chi connectivity index (χ0) is 16.1. The molecule has 0 radical (unpaired) electrons. The fourth-order valence-corrected chi connectivity index (χ4v) is 2.53. The summed E-state index contributed by atoms with van der Waals surface area (Å²) in [5, 5.41) is 9.29. The lowest BCUT2D eigenvalue weighted by molar-refractivity contribution is 0.0700. The standard InChI is InChI=1S/C18H20FNO2/c1-13-7-6-10-15(17(13)19)18(22)20(2)16(11-12-21)14-8-4-3-5-9-14/h3-10,16,21H,11-12H2,1-2H3. The molecule has 22 heavy (non-hydrogen) atoms. The first-order chi connectivity index (χ1) is 10.6. The summed E-state index contributed by atoms with van der Waals surface area (Å²) >= 11 is 0. The van der Waals surface area contributed by atoms with Crippen LogP contribution in [0.5, 0.6) is 0 Å². The molecule has 0 aliphatic carbocycles. The van der Waals surface area contributed by atoms with E-state index in [1.807, 2.05) is 30.3 Å². The van der Waals surface area contributed by atoms with E-state index in [1.165, 1.54) is 11.0 Å². The van der Waals surface area contributed by atoms with Crippen LogP contribution in [0.15, 0.2) is 48.5 Å². The van der Waals surface area contributed by atoms with Crippen molar-refractivity contribution < 1.29 is 14.3 Å². The number of benzene rings is 2. The molecule has 0 aliphatic rings. The highest BCUT2D eigenvalue weighted by atomic mass is 19.1. The molecular weight excluding hydrogens is 281 g/mol. The number of hydrogen-bond donors (Lipinski definition) is 1. The molecule has 0 saturated heterocycles. The van der Waals surface area contributed by atoms with E-state index in [4.69, 9.17) is 0 Å². The van der Waals surface area contributed by atoms with Crippen molar-refractivity contribution in [1.82, 2.24) is 4.90 Å². The highest BCUT2D eigenvalue weighted by molar-refractivity contribution is 5.94. The minimum Gasteiger partial charge on any atom is -0.396 e. The Balaban J connectivity index is 2.32. The first-order valence-corrected chi connectivity index (χ1v) is 7.24. The second-order valence-electron chi connectivity index (χ2n) is 5.29. The van der Waals surface area contributed by atoms with Crippen LogP contribution in [0.4, 0.5) is 4.39 Å². The molecule has 2 rings (SSSR count). The molecule has 1 amide bonds. The summed E-state index contributed by atoms with van der Waals surface area (Å²) in [6.07, 6.45) is 0.402. The largest absolute Gasteiger partial charge is 0.396 e. The fourth-order valence-electron chi connectivity index (χ4n) is 2.53. The number of nitrogens with zero attached hydrogens (tertiary/aromatic N) is 1. The van der Waals surface area contributed by atoms with Gasteiger partial charge in [-0.05, 0) is 30.5 Å². The Bertz CT molecular complexity index is 643. The van der Waals surface area contributed by atoms with Crippen molar-refractivity contribution in [1.29, 1.82) is 0 Å². The van der Waals surface area contributed by atoms with E-state index in [2.05, 4.69) is 0 Å². The topological polar surface area (TPSA) is 40.5 Å². The Morgan fingerprint density at radius 1 is 1.18 bits per heavy atom. The predicted molar refractivity (Wildman–Crippen MR) is 84.1 cm³/mol. The summed E-state index contributed by atoms with van der Waals surface area (Å²) in [6, 6.07) is 13.9. The molecule has 0 bridgehead atoms. The first kappa shape index (κ1) is 16.2. The van der Waals surface area contributed by atoms with E-state index in [1.54, 1.807) is 26.1 Å². The smallest absolute Gasteiger partial charge is 0.257 e. The van der Waals surface area contributed by atoms with Crippen LogP contribution in [-0.2, 0) is 0 Å². The Labute approximate surface area is 130 Å². The normalized spacial score (nSPS) is 12.0. The Morgan fingerprint density at radius 3 is 2.50 bits per heavy atom. The molecule has 2 aromatic carbocycles. The summed E-state index contributed by atoms with van der Waals surface area (Å²) in [4.78, 5) is 14.1. The van der Waals surface area contributed by atoms with Gasteiger partial charge < -0.3 is 10.0 Å². The maximum atomic E-state index is 14.2. The van der Waals surface area contributed by atoms with Gasteiger partial charge in [0.15, 0.2) is 0 Å². The van der Waals surface area contributed by atoms with Crippen LogP contribution >= 0.6 is 0 Å². The zero-order valence-electron chi connectivity index (χ0n) is 12.8. The van der Waals surface area contributed by atoms with E-state index >= 15 is 0 Å². The molecule has 1 unspecified atom stereocenters. The minimum absolute atomic E-state index is 0.0481. The van der Waals surface area contributed by atoms with Crippen molar-refractivity contribution in [3.8, 4) is 0 Å². The number of carbonyl (C=O) groups is 1. The molecule has 0 heterocycles. The van der Waals surface area contributed by atoms with Crippen LogP contribution in [-0.4, -0.2) is 29.6 Å². The van der Waals surface area contributed by atoms with Crippen molar-refractivity contribution in [3.05, 3.63) is 71.0 Å². The van der Waals surface area contributed by atoms with Gasteiger partial charge in [-0.25, -0.2) is 4.39 Å². The van der Waals surface area contributed by atoms with Gasteiger partial charge in [-0.15, -0.1) is 0 Å². The van der Waals surface area contributed by atoms with Crippen LogP contribution in [0, 0.1) is 12.7 Å². The lowest BCUT2D eigenvalue weighted by Gasteiger charge is -2.28. The van der Waals surface area contributed by atoms with Gasteiger partial charge in [0, 0.05) is 13.7 Å². The van der Waals surface area contributed by atoms with Gasteiger partial charge in [-0.2, -0.15) is 0 Å². The van der Waals surface area contributed by atoms with Gasteiger partial charge in [0.25, 0.3) is 5.91 Å². The van der Waals surface area contributed by atoms with Crippen LogP contribution in [0.25, 0.3) is 0 Å². The SMILES string of the molecule is Cc1cccc(C(=O)N(C)C(CCO)c2ccccc2)c1F. The first-order valence-electron chi connectivity index (χ1n) is 7.24. The molecule has 1 atom stereocenters. The van der Waals surface area contributed by atoms with E-state index < -0.39 is 5.82 Å². The molecule has 116 valence electrons. The third kappa shape index (κ3) is 3.34. The Morgan fingerprint density at radius 2 is 1.86 bits per heavy atom. The molecule has 0 aromatic heterocycles. The van der Waals surface area contributed by atoms with Crippen molar-refractivity contribution in [2.75, 3.05) is 13.7 Å². The number of aliphatic hydroxyl groups excluding tert-OH is 1. The lowest BCUT2D eigenvalue weighted by atomic mass is 10.0. The molecular formula is C18H20FNO2. The van der Waals surface area contributed by atoms with Gasteiger partial charge in [0.1, 0.15) is 5.82 Å². The predicted octanol–water partition coefficient (Wildman–Crippen LogP) is 3.33. The van der Waals surface area contributed by atoms with Crippen molar-refractivity contribution in [3.63, 3.8) is 0 Å². The van der Waals surface area contributed by atoms with Crippen LogP contribution in [0.1, 0.15) is 33.9 Å². The average molecular weight is 301 g/mol. The highest BCUT2D eigenvalue weighted by Crippen LogP contribution is 2.25. The second kappa shape index (κ2) is 7.18. The number of amides is 1. The number of carbonyl (C=O) groups excluding carboxylic acids is 1. The number of aryl methyl sites for hydroxylation is 1. The van der Waals surface area contributed by atoms with Crippen molar-refractivity contribution in [2.45, 2.75) is 19.4 Å². The van der Waals surface area contributed by atoms with Gasteiger partial charge in [0.05, 0.1) is 11.6 Å². The van der Waals surface area contributed by atoms with Crippen LogP contribution in [0.3, 0.4) is 0 Å². The average Bonchev–Trinajstić information content (AvgIpc) is 2.55. The number of aliphatic hydroxyl groups is 1. The molecule has 3 nitrogen and oxygen atoms in total. The molecule has 2 aromatic rings. The summed E-state index contributed by atoms with van der Waals surface area (Å²) in [6.45, 7) is 1.59. The van der Waals surface area contributed by atoms with Gasteiger partial charge in [0.2, 0.25) is 0 Å². The van der Waals surface area contributed by atoms with Crippen molar-refractivity contribution in [2.24, 2.45) is 0 Å². The van der Waals surface area contributed by atoms with Gasteiger partial charge in [-0.1, -0.05) is 42.5 Å². The van der Waals surface area contributed by atoms with E-state index in [0.29, 0.717) is 12.0 Å². The number of hydrogen-bond acceptors (Lipinski definition) is 2. The Hall–Kier alpha value is -2.20. The highest BCUT2D eigenvalue weighted by Gasteiger charge is 2.24. The van der Waals surface area contributed by atoms with E-state index in [-0.39, 0.29) is 24.1 Å². The zero-order valence-corrected chi connectivity index (χ0v) is 12.8. The second-order valence-corrected chi connectivity index (χ2v) is 5.29. The monoisotopic (exact) mass is 301 g/mol. The molecule has 4 heteroatoms. The number of halogens is 1. The van der Waals surface area contributed by atoms with Gasteiger partial charge in [-0.3, -0.25) is 4.79 Å². The van der Waals surface area contributed by atoms with Gasteiger partial charge >= 0.3 is 0 Å². The summed E-state index contributed by atoms with van der Waals surface area (Å²) < 4.78 is 14.2. The maximum Gasteiger partial charge on any atom is 0.257 e. The van der Waals surface area contributed by atoms with E-state index in [0.717, 1.165) is 5.56 Å².